The first-order valence-electron chi connectivity index (χ1n) is 9.97. The second-order valence-corrected chi connectivity index (χ2v) is 9.54. The van der Waals surface area contributed by atoms with E-state index < -0.39 is 11.1 Å². The molecule has 0 saturated heterocycles. The molecule has 146 valence electrons. The number of ether oxygens (including phenoxy) is 1. The predicted molar refractivity (Wildman–Crippen MR) is 106 cm³/mol. The highest BCUT2D eigenvalue weighted by molar-refractivity contribution is 6.09. The van der Waals surface area contributed by atoms with Gasteiger partial charge in [0.2, 0.25) is 0 Å². The molecule has 1 aromatic rings. The van der Waals surface area contributed by atoms with Crippen molar-refractivity contribution in [3.05, 3.63) is 34.9 Å². The van der Waals surface area contributed by atoms with Crippen molar-refractivity contribution in [2.24, 2.45) is 16.1 Å². The lowest BCUT2D eigenvalue weighted by Crippen LogP contribution is -2.56. The Balaban J connectivity index is 1.90. The van der Waals surface area contributed by atoms with E-state index in [2.05, 4.69) is 25.1 Å². The predicted octanol–water partition coefficient (Wildman–Crippen LogP) is 3.28. The summed E-state index contributed by atoms with van der Waals surface area (Å²) in [5.41, 5.74) is 8.36. The Labute approximate surface area is 162 Å². The zero-order valence-electron chi connectivity index (χ0n) is 17.1. The van der Waals surface area contributed by atoms with Crippen LogP contribution in [0.2, 0.25) is 0 Å². The number of nitrogens with zero attached hydrogens (tertiary/aromatic N) is 2. The standard InChI is InChI=1S/C22H31N3O2/c1-14-6-7-15-13-21(10-8-16(27-5)9-11-21)22(17(15)12-14)18(26)25(19(23)24-22)20(2,3)4/h6-7,12,16H,8-11,13H2,1-5H3,(H2,23,24). The second-order valence-electron chi connectivity index (χ2n) is 9.54. The molecule has 1 unspecified atom stereocenters. The van der Waals surface area contributed by atoms with Crippen molar-refractivity contribution < 1.29 is 9.53 Å². The third-order valence-corrected chi connectivity index (χ3v) is 6.87. The van der Waals surface area contributed by atoms with Gasteiger partial charge in [0.05, 0.1) is 6.10 Å². The van der Waals surface area contributed by atoms with Gasteiger partial charge in [-0.2, -0.15) is 0 Å². The van der Waals surface area contributed by atoms with Crippen molar-refractivity contribution in [1.29, 1.82) is 0 Å². The van der Waals surface area contributed by atoms with Crippen LogP contribution in [-0.4, -0.2) is 35.5 Å². The average Bonchev–Trinajstić information content (AvgIpc) is 3.02. The zero-order chi connectivity index (χ0) is 19.6. The van der Waals surface area contributed by atoms with Crippen LogP contribution in [0.15, 0.2) is 23.2 Å². The quantitative estimate of drug-likeness (QED) is 0.826. The molecule has 0 aromatic heterocycles. The fourth-order valence-corrected chi connectivity index (χ4v) is 5.58. The summed E-state index contributed by atoms with van der Waals surface area (Å²) >= 11 is 0. The molecular weight excluding hydrogens is 338 g/mol. The highest BCUT2D eigenvalue weighted by atomic mass is 16.5. The molecule has 1 fully saturated rings. The Morgan fingerprint density at radius 2 is 1.93 bits per heavy atom. The molecule has 4 rings (SSSR count). The monoisotopic (exact) mass is 369 g/mol. The van der Waals surface area contributed by atoms with E-state index >= 15 is 0 Å². The lowest BCUT2D eigenvalue weighted by Gasteiger charge is -2.46. The topological polar surface area (TPSA) is 67.9 Å². The van der Waals surface area contributed by atoms with Crippen LogP contribution in [0.1, 0.15) is 63.1 Å². The number of benzene rings is 1. The Morgan fingerprint density at radius 1 is 1.26 bits per heavy atom. The molecule has 2 N–H and O–H groups in total. The minimum Gasteiger partial charge on any atom is -0.381 e. The van der Waals surface area contributed by atoms with Gasteiger partial charge >= 0.3 is 0 Å². The SMILES string of the molecule is COC1CCC2(CC1)Cc1ccc(C)cc1C21N=C(N)N(C(C)(C)C)C1=O. The fourth-order valence-electron chi connectivity index (χ4n) is 5.58. The Kier molecular flexibility index (Phi) is 3.97. The summed E-state index contributed by atoms with van der Waals surface area (Å²) in [5.74, 6) is 0.405. The number of hydrogen-bond acceptors (Lipinski definition) is 4. The summed E-state index contributed by atoms with van der Waals surface area (Å²) in [4.78, 5) is 20.7. The van der Waals surface area contributed by atoms with Gasteiger partial charge < -0.3 is 10.5 Å². The van der Waals surface area contributed by atoms with Crippen molar-refractivity contribution in [3.63, 3.8) is 0 Å². The van der Waals surface area contributed by atoms with E-state index in [9.17, 15) is 4.79 Å². The van der Waals surface area contributed by atoms with Crippen molar-refractivity contribution in [2.45, 2.75) is 77.0 Å². The number of fused-ring (bicyclic) bond motifs is 3. The second kappa shape index (κ2) is 5.81. The molecule has 1 atom stereocenters. The van der Waals surface area contributed by atoms with E-state index in [1.54, 1.807) is 12.0 Å². The maximum atomic E-state index is 14.0. The largest absolute Gasteiger partial charge is 0.381 e. The molecule has 1 amide bonds. The molecule has 5 nitrogen and oxygen atoms in total. The van der Waals surface area contributed by atoms with Gasteiger partial charge in [-0.3, -0.25) is 9.69 Å². The van der Waals surface area contributed by atoms with Crippen molar-refractivity contribution in [3.8, 4) is 0 Å². The fraction of sp³-hybridized carbons (Fsp3) is 0.636. The van der Waals surface area contributed by atoms with Crippen LogP contribution in [0.5, 0.6) is 0 Å². The molecule has 2 aliphatic carbocycles. The van der Waals surface area contributed by atoms with Crippen LogP contribution in [0.25, 0.3) is 0 Å². The molecule has 1 aliphatic heterocycles. The first-order chi connectivity index (χ1) is 12.6. The first-order valence-corrected chi connectivity index (χ1v) is 9.97. The van der Waals surface area contributed by atoms with Gasteiger partial charge in [-0.1, -0.05) is 23.8 Å². The van der Waals surface area contributed by atoms with E-state index in [0.29, 0.717) is 5.96 Å². The highest BCUT2D eigenvalue weighted by Crippen LogP contribution is 2.62. The third kappa shape index (κ3) is 2.40. The summed E-state index contributed by atoms with van der Waals surface area (Å²) < 4.78 is 5.61. The molecule has 1 aromatic carbocycles. The molecule has 0 radical (unpaired) electrons. The maximum absolute atomic E-state index is 14.0. The molecule has 2 spiro atoms. The van der Waals surface area contributed by atoms with Crippen LogP contribution in [-0.2, 0) is 21.5 Å². The lowest BCUT2D eigenvalue weighted by atomic mass is 9.61. The van der Waals surface area contributed by atoms with Crippen molar-refractivity contribution in [2.75, 3.05) is 7.11 Å². The summed E-state index contributed by atoms with van der Waals surface area (Å²) in [5, 5.41) is 0. The van der Waals surface area contributed by atoms with Gasteiger partial charge in [0, 0.05) is 18.1 Å². The maximum Gasteiger partial charge on any atom is 0.263 e. The van der Waals surface area contributed by atoms with E-state index in [4.69, 9.17) is 15.5 Å². The van der Waals surface area contributed by atoms with E-state index in [1.165, 1.54) is 5.56 Å². The minimum atomic E-state index is -0.884. The van der Waals surface area contributed by atoms with Crippen LogP contribution in [0.4, 0.5) is 0 Å². The van der Waals surface area contributed by atoms with Crippen LogP contribution in [0.3, 0.4) is 0 Å². The van der Waals surface area contributed by atoms with Crippen LogP contribution >= 0.6 is 0 Å². The number of methoxy groups -OCH3 is 1. The normalized spacial score (nSPS) is 33.1. The van der Waals surface area contributed by atoms with Crippen molar-refractivity contribution >= 4 is 11.9 Å². The number of aryl methyl sites for hydroxylation is 1. The van der Waals surface area contributed by atoms with E-state index in [0.717, 1.165) is 43.2 Å². The van der Waals surface area contributed by atoms with Gasteiger partial charge in [-0.05, 0) is 70.9 Å². The summed E-state index contributed by atoms with van der Waals surface area (Å²) in [6.45, 7) is 8.14. The molecular formula is C22H31N3O2. The highest BCUT2D eigenvalue weighted by Gasteiger charge is 2.67. The molecule has 0 bridgehead atoms. The van der Waals surface area contributed by atoms with Crippen LogP contribution < -0.4 is 5.73 Å². The lowest BCUT2D eigenvalue weighted by molar-refractivity contribution is -0.141. The third-order valence-electron chi connectivity index (χ3n) is 6.87. The average molecular weight is 370 g/mol. The molecule has 27 heavy (non-hydrogen) atoms. The smallest absolute Gasteiger partial charge is 0.263 e. The number of guanidine groups is 1. The summed E-state index contributed by atoms with van der Waals surface area (Å²) in [6.07, 6.45) is 4.95. The Bertz CT molecular complexity index is 815. The first kappa shape index (κ1) is 18.5. The number of carbonyl (C=O) groups is 1. The van der Waals surface area contributed by atoms with Gasteiger partial charge in [0.1, 0.15) is 0 Å². The summed E-state index contributed by atoms with van der Waals surface area (Å²) in [7, 11) is 1.78. The van der Waals surface area contributed by atoms with Gasteiger partial charge in [0.25, 0.3) is 5.91 Å². The number of rotatable bonds is 1. The molecule has 1 heterocycles. The Morgan fingerprint density at radius 3 is 2.48 bits per heavy atom. The number of hydrogen-bond donors (Lipinski definition) is 1. The number of amides is 1. The Hall–Kier alpha value is -1.88. The number of aliphatic imine (C=N–C) groups is 1. The van der Waals surface area contributed by atoms with Gasteiger partial charge in [0.15, 0.2) is 11.5 Å². The summed E-state index contributed by atoms with van der Waals surface area (Å²) in [6, 6.07) is 6.48. The molecule has 3 aliphatic rings. The molecule has 5 heteroatoms. The minimum absolute atomic E-state index is 0.0488. The zero-order valence-corrected chi connectivity index (χ0v) is 17.1. The van der Waals surface area contributed by atoms with Crippen LogP contribution in [0, 0.1) is 12.3 Å². The van der Waals surface area contributed by atoms with E-state index in [-0.39, 0.29) is 17.4 Å². The van der Waals surface area contributed by atoms with Gasteiger partial charge in [-0.15, -0.1) is 0 Å². The molecule has 1 saturated carbocycles. The number of carbonyl (C=O) groups excluding carboxylic acids is 1. The van der Waals surface area contributed by atoms with Crippen molar-refractivity contribution in [1.82, 2.24) is 4.90 Å². The van der Waals surface area contributed by atoms with E-state index in [1.807, 2.05) is 20.8 Å². The number of nitrogens with two attached hydrogens (primary N) is 1. The van der Waals surface area contributed by atoms with Gasteiger partial charge in [-0.25, -0.2) is 4.99 Å².